The summed E-state index contributed by atoms with van der Waals surface area (Å²) in [6.45, 7) is 0. The van der Waals surface area contributed by atoms with Crippen molar-refractivity contribution in [2.75, 3.05) is 5.32 Å². The molecule has 0 radical (unpaired) electrons. The van der Waals surface area contributed by atoms with Crippen LogP contribution in [0.25, 0.3) is 0 Å². The fourth-order valence-electron chi connectivity index (χ4n) is 2.50. The Labute approximate surface area is 105 Å². The summed E-state index contributed by atoms with van der Waals surface area (Å²) in [4.78, 5) is 16.1. The van der Waals surface area contributed by atoms with Gasteiger partial charge in [0.05, 0.1) is 5.92 Å². The highest BCUT2D eigenvalue weighted by Crippen LogP contribution is 2.31. The van der Waals surface area contributed by atoms with Crippen molar-refractivity contribution in [3.63, 3.8) is 0 Å². The summed E-state index contributed by atoms with van der Waals surface area (Å²) in [6, 6.07) is 8.15. The van der Waals surface area contributed by atoms with Gasteiger partial charge in [0.1, 0.15) is 6.33 Å². The Morgan fingerprint density at radius 3 is 3.11 bits per heavy atom. The Hall–Kier alpha value is -2.17. The molecule has 1 aromatic carbocycles. The fraction of sp³-hybridized carbons (Fsp3) is 0.308. The zero-order valence-corrected chi connectivity index (χ0v) is 9.89. The van der Waals surface area contributed by atoms with Gasteiger partial charge in [-0.1, -0.05) is 24.3 Å². The Bertz CT molecular complexity index is 550. The molecule has 5 nitrogen and oxygen atoms in total. The third kappa shape index (κ3) is 1.99. The largest absolute Gasteiger partial charge is 0.294 e. The first kappa shape index (κ1) is 11.0. The Kier molecular flexibility index (Phi) is 2.80. The molecule has 1 aromatic heterocycles. The summed E-state index contributed by atoms with van der Waals surface area (Å²) in [5.41, 5.74) is 2.42. The standard InChI is InChI=1S/C13H14N4O/c18-12(16-13-14-8-15-17-13)11-7-3-5-9-4-1-2-6-10(9)11/h1-2,4,6,8,11H,3,5,7H2,(H2,14,15,16,17,18). The number of anilines is 1. The number of hydrogen-bond acceptors (Lipinski definition) is 3. The molecule has 0 saturated carbocycles. The van der Waals surface area contributed by atoms with E-state index in [2.05, 4.69) is 26.6 Å². The van der Waals surface area contributed by atoms with Gasteiger partial charge in [-0.05, 0) is 30.4 Å². The average Bonchev–Trinajstić information content (AvgIpc) is 2.91. The number of fused-ring (bicyclic) bond motifs is 1. The van der Waals surface area contributed by atoms with Gasteiger partial charge in [0.15, 0.2) is 0 Å². The first-order valence-electron chi connectivity index (χ1n) is 6.08. The fourth-order valence-corrected chi connectivity index (χ4v) is 2.50. The van der Waals surface area contributed by atoms with Gasteiger partial charge in [-0.25, -0.2) is 5.10 Å². The molecule has 1 atom stereocenters. The van der Waals surface area contributed by atoms with Crippen molar-refractivity contribution in [2.45, 2.75) is 25.2 Å². The molecule has 1 heterocycles. The van der Waals surface area contributed by atoms with E-state index >= 15 is 0 Å². The molecule has 1 unspecified atom stereocenters. The van der Waals surface area contributed by atoms with E-state index in [0.29, 0.717) is 5.95 Å². The van der Waals surface area contributed by atoms with Crippen LogP contribution in [0.1, 0.15) is 29.9 Å². The van der Waals surface area contributed by atoms with Crippen LogP contribution < -0.4 is 5.32 Å². The molecule has 0 aliphatic heterocycles. The number of H-pyrrole nitrogens is 1. The molecule has 0 saturated heterocycles. The molecule has 2 N–H and O–H groups in total. The average molecular weight is 242 g/mol. The molecule has 92 valence electrons. The minimum absolute atomic E-state index is 0.0149. The van der Waals surface area contributed by atoms with Gasteiger partial charge in [0.25, 0.3) is 0 Å². The van der Waals surface area contributed by atoms with Gasteiger partial charge >= 0.3 is 0 Å². The van der Waals surface area contributed by atoms with E-state index in [1.54, 1.807) is 0 Å². The molecular weight excluding hydrogens is 228 g/mol. The summed E-state index contributed by atoms with van der Waals surface area (Å²) in [7, 11) is 0. The normalized spacial score (nSPS) is 18.1. The molecule has 5 heteroatoms. The molecule has 1 aliphatic rings. The third-order valence-electron chi connectivity index (χ3n) is 3.34. The van der Waals surface area contributed by atoms with Crippen molar-refractivity contribution in [3.8, 4) is 0 Å². The second-order valence-corrected chi connectivity index (χ2v) is 4.47. The lowest BCUT2D eigenvalue weighted by atomic mass is 9.82. The van der Waals surface area contributed by atoms with Crippen molar-refractivity contribution in [3.05, 3.63) is 41.7 Å². The van der Waals surface area contributed by atoms with E-state index in [9.17, 15) is 4.79 Å². The number of benzene rings is 1. The molecule has 3 rings (SSSR count). The summed E-state index contributed by atoms with van der Waals surface area (Å²) < 4.78 is 0. The number of rotatable bonds is 2. The van der Waals surface area contributed by atoms with Crippen molar-refractivity contribution >= 4 is 11.9 Å². The lowest BCUT2D eigenvalue weighted by molar-refractivity contribution is -0.117. The number of carbonyl (C=O) groups is 1. The highest BCUT2D eigenvalue weighted by Gasteiger charge is 2.26. The van der Waals surface area contributed by atoms with Crippen molar-refractivity contribution in [2.24, 2.45) is 0 Å². The second-order valence-electron chi connectivity index (χ2n) is 4.47. The van der Waals surface area contributed by atoms with Gasteiger partial charge in [-0.2, -0.15) is 10.1 Å². The highest BCUT2D eigenvalue weighted by atomic mass is 16.2. The van der Waals surface area contributed by atoms with E-state index in [0.717, 1.165) is 24.8 Å². The summed E-state index contributed by atoms with van der Waals surface area (Å²) in [5, 5.41) is 9.12. The monoisotopic (exact) mass is 242 g/mol. The number of carbonyl (C=O) groups excluding carboxylic acids is 1. The van der Waals surface area contributed by atoms with Crippen LogP contribution >= 0.6 is 0 Å². The van der Waals surface area contributed by atoms with Crippen LogP contribution in [0.2, 0.25) is 0 Å². The molecule has 0 bridgehead atoms. The van der Waals surface area contributed by atoms with Crippen LogP contribution in [-0.2, 0) is 11.2 Å². The third-order valence-corrected chi connectivity index (χ3v) is 3.34. The predicted octanol–water partition coefficient (Wildman–Crippen LogP) is 1.86. The minimum Gasteiger partial charge on any atom is -0.294 e. The maximum Gasteiger partial charge on any atom is 0.234 e. The summed E-state index contributed by atoms with van der Waals surface area (Å²) >= 11 is 0. The zero-order valence-electron chi connectivity index (χ0n) is 9.89. The number of nitrogens with zero attached hydrogens (tertiary/aromatic N) is 2. The van der Waals surface area contributed by atoms with E-state index in [-0.39, 0.29) is 11.8 Å². The lowest BCUT2D eigenvalue weighted by Crippen LogP contribution is -2.25. The molecule has 18 heavy (non-hydrogen) atoms. The molecule has 1 amide bonds. The first-order chi connectivity index (χ1) is 8.84. The van der Waals surface area contributed by atoms with E-state index in [1.165, 1.54) is 11.9 Å². The Morgan fingerprint density at radius 1 is 1.39 bits per heavy atom. The first-order valence-corrected chi connectivity index (χ1v) is 6.08. The van der Waals surface area contributed by atoms with Crippen LogP contribution in [0.4, 0.5) is 5.95 Å². The predicted molar refractivity (Wildman–Crippen MR) is 67.1 cm³/mol. The van der Waals surface area contributed by atoms with Crippen LogP contribution in [0.5, 0.6) is 0 Å². The molecular formula is C13H14N4O. The zero-order chi connectivity index (χ0) is 12.4. The van der Waals surface area contributed by atoms with Gasteiger partial charge in [-0.3, -0.25) is 10.1 Å². The smallest absolute Gasteiger partial charge is 0.234 e. The maximum absolute atomic E-state index is 12.2. The van der Waals surface area contributed by atoms with E-state index in [1.807, 2.05) is 18.2 Å². The molecule has 0 spiro atoms. The summed E-state index contributed by atoms with van der Waals surface area (Å²) in [6.07, 6.45) is 4.37. The quantitative estimate of drug-likeness (QED) is 0.844. The second kappa shape index (κ2) is 4.60. The number of aromatic nitrogens is 3. The van der Waals surface area contributed by atoms with Crippen molar-refractivity contribution < 1.29 is 4.79 Å². The number of aromatic amines is 1. The number of aryl methyl sites for hydroxylation is 1. The lowest BCUT2D eigenvalue weighted by Gasteiger charge is -2.24. The SMILES string of the molecule is O=C(Nc1ncn[nH]1)C1CCCc2ccccc21. The maximum atomic E-state index is 12.2. The van der Waals surface area contributed by atoms with E-state index in [4.69, 9.17) is 0 Å². The van der Waals surface area contributed by atoms with Gasteiger partial charge < -0.3 is 0 Å². The number of amides is 1. The topological polar surface area (TPSA) is 70.7 Å². The van der Waals surface area contributed by atoms with Crippen molar-refractivity contribution in [1.29, 1.82) is 0 Å². The van der Waals surface area contributed by atoms with Crippen molar-refractivity contribution in [1.82, 2.24) is 15.2 Å². The minimum atomic E-state index is -0.0833. The van der Waals surface area contributed by atoms with E-state index < -0.39 is 0 Å². The molecule has 1 aliphatic carbocycles. The van der Waals surface area contributed by atoms with Crippen LogP contribution in [0.15, 0.2) is 30.6 Å². The highest BCUT2D eigenvalue weighted by molar-refractivity contribution is 5.94. The van der Waals surface area contributed by atoms with Gasteiger partial charge in [-0.15, -0.1) is 0 Å². The number of nitrogens with one attached hydrogen (secondary N) is 2. The van der Waals surface area contributed by atoms with Crippen LogP contribution in [0.3, 0.4) is 0 Å². The summed E-state index contributed by atoms with van der Waals surface area (Å²) in [5.74, 6) is 0.307. The molecule has 2 aromatic rings. The van der Waals surface area contributed by atoms with Gasteiger partial charge in [0.2, 0.25) is 11.9 Å². The number of hydrogen-bond donors (Lipinski definition) is 2. The van der Waals surface area contributed by atoms with Gasteiger partial charge in [0, 0.05) is 0 Å². The Balaban J connectivity index is 1.83. The Morgan fingerprint density at radius 2 is 2.28 bits per heavy atom. The van der Waals surface area contributed by atoms with Crippen LogP contribution in [0, 0.1) is 0 Å². The van der Waals surface area contributed by atoms with Crippen LogP contribution in [-0.4, -0.2) is 21.1 Å². The molecule has 0 fully saturated rings.